The maximum Gasteiger partial charge on any atom is 0.227 e. The van der Waals surface area contributed by atoms with E-state index in [0.717, 1.165) is 17.0 Å². The molecule has 0 aliphatic heterocycles. The van der Waals surface area contributed by atoms with Crippen molar-refractivity contribution in [3.8, 4) is 17.0 Å². The van der Waals surface area contributed by atoms with E-state index in [4.69, 9.17) is 4.74 Å². The van der Waals surface area contributed by atoms with Crippen LogP contribution in [0, 0.1) is 0 Å². The van der Waals surface area contributed by atoms with E-state index in [0.29, 0.717) is 30.7 Å². The Hall–Kier alpha value is -3.00. The Morgan fingerprint density at radius 2 is 2.00 bits per heavy atom. The Balaban J connectivity index is 1.56. The lowest BCUT2D eigenvalue weighted by Gasteiger charge is -2.07. The third-order valence-corrected chi connectivity index (χ3v) is 4.17. The van der Waals surface area contributed by atoms with E-state index in [1.807, 2.05) is 36.6 Å². The zero-order valence-electron chi connectivity index (χ0n) is 14.3. The number of nitrogens with zero attached hydrogens (tertiary/aromatic N) is 3. The van der Waals surface area contributed by atoms with Gasteiger partial charge in [0.15, 0.2) is 5.13 Å². The van der Waals surface area contributed by atoms with Crippen molar-refractivity contribution in [2.45, 2.75) is 13.3 Å². The topological polar surface area (TPSA) is 89.0 Å². The Bertz CT molecular complexity index is 854. The van der Waals surface area contributed by atoms with Crippen molar-refractivity contribution in [1.82, 2.24) is 15.0 Å². The van der Waals surface area contributed by atoms with Gasteiger partial charge < -0.3 is 15.4 Å². The van der Waals surface area contributed by atoms with Crippen molar-refractivity contribution < 1.29 is 9.53 Å². The van der Waals surface area contributed by atoms with Gasteiger partial charge in [0.2, 0.25) is 11.9 Å². The number of carbonyl (C=O) groups is 1. The minimum Gasteiger partial charge on any atom is -0.493 e. The molecule has 134 valence electrons. The van der Waals surface area contributed by atoms with Crippen molar-refractivity contribution >= 4 is 28.3 Å². The average Bonchev–Trinajstić information content (AvgIpc) is 3.11. The van der Waals surface area contributed by atoms with E-state index < -0.39 is 0 Å². The number of para-hydroxylation sites is 1. The number of anilines is 2. The van der Waals surface area contributed by atoms with E-state index >= 15 is 0 Å². The first-order valence-corrected chi connectivity index (χ1v) is 9.12. The van der Waals surface area contributed by atoms with Crippen LogP contribution in [0.2, 0.25) is 0 Å². The molecule has 0 radical (unpaired) electrons. The van der Waals surface area contributed by atoms with Crippen LogP contribution in [0.3, 0.4) is 0 Å². The molecule has 8 heteroatoms. The van der Waals surface area contributed by atoms with Crippen LogP contribution in [0.4, 0.5) is 11.1 Å². The molecule has 7 nitrogen and oxygen atoms in total. The first kappa shape index (κ1) is 17.8. The summed E-state index contributed by atoms with van der Waals surface area (Å²) in [6, 6.07) is 9.46. The molecule has 0 spiro atoms. The lowest BCUT2D eigenvalue weighted by Crippen LogP contribution is -2.16. The number of nitrogens with one attached hydrogen (secondary N) is 2. The molecule has 2 N–H and O–H groups in total. The summed E-state index contributed by atoms with van der Waals surface area (Å²) in [7, 11) is 0. The van der Waals surface area contributed by atoms with Gasteiger partial charge in [0.05, 0.1) is 12.3 Å². The number of rotatable bonds is 8. The molecule has 2 aromatic heterocycles. The van der Waals surface area contributed by atoms with Gasteiger partial charge in [-0.1, -0.05) is 12.1 Å². The molecule has 1 aromatic carbocycles. The lowest BCUT2D eigenvalue weighted by molar-refractivity contribution is -0.115. The summed E-state index contributed by atoms with van der Waals surface area (Å²) < 4.78 is 5.63. The second-order valence-electron chi connectivity index (χ2n) is 5.26. The molecule has 0 fully saturated rings. The van der Waals surface area contributed by atoms with Crippen LogP contribution in [-0.4, -0.2) is 34.0 Å². The van der Waals surface area contributed by atoms with Crippen molar-refractivity contribution in [3.63, 3.8) is 0 Å². The Morgan fingerprint density at radius 1 is 1.19 bits per heavy atom. The van der Waals surface area contributed by atoms with Crippen LogP contribution in [-0.2, 0) is 4.79 Å². The van der Waals surface area contributed by atoms with Crippen LogP contribution in [0.1, 0.15) is 13.3 Å². The fourth-order valence-corrected chi connectivity index (χ4v) is 3.00. The molecule has 0 bridgehead atoms. The van der Waals surface area contributed by atoms with Gasteiger partial charge in [-0.2, -0.15) is 0 Å². The SMILES string of the molecule is CCOc1ccccc1-c1csc(NC(=O)CCNc2ncccn2)n1. The minimum absolute atomic E-state index is 0.118. The van der Waals surface area contributed by atoms with Gasteiger partial charge >= 0.3 is 0 Å². The summed E-state index contributed by atoms with van der Waals surface area (Å²) in [4.78, 5) is 24.6. The van der Waals surface area contributed by atoms with Crippen molar-refractivity contribution in [1.29, 1.82) is 0 Å². The van der Waals surface area contributed by atoms with E-state index in [-0.39, 0.29) is 5.91 Å². The van der Waals surface area contributed by atoms with Crippen molar-refractivity contribution in [2.75, 3.05) is 23.8 Å². The predicted molar refractivity (Wildman–Crippen MR) is 102 cm³/mol. The Kier molecular flexibility index (Phi) is 6.10. The molecular formula is C18H19N5O2S. The molecule has 0 saturated heterocycles. The summed E-state index contributed by atoms with van der Waals surface area (Å²) >= 11 is 1.39. The summed E-state index contributed by atoms with van der Waals surface area (Å²) in [5.74, 6) is 1.17. The molecule has 0 aliphatic carbocycles. The smallest absolute Gasteiger partial charge is 0.227 e. The van der Waals surface area contributed by atoms with Crippen molar-refractivity contribution in [2.24, 2.45) is 0 Å². The normalized spacial score (nSPS) is 10.3. The standard InChI is InChI=1S/C18H19N5O2S/c1-2-25-15-7-4-3-6-13(15)14-12-26-18(22-14)23-16(24)8-11-21-17-19-9-5-10-20-17/h3-7,9-10,12H,2,8,11H2,1H3,(H,19,20,21)(H,22,23,24). The fraction of sp³-hybridized carbons (Fsp3) is 0.222. The molecule has 0 aliphatic rings. The maximum atomic E-state index is 12.1. The Morgan fingerprint density at radius 3 is 2.81 bits per heavy atom. The summed E-state index contributed by atoms with van der Waals surface area (Å²) in [5, 5.41) is 8.28. The highest BCUT2D eigenvalue weighted by atomic mass is 32.1. The van der Waals surface area contributed by atoms with Gasteiger partial charge in [-0.05, 0) is 25.1 Å². The zero-order valence-corrected chi connectivity index (χ0v) is 15.1. The van der Waals surface area contributed by atoms with Crippen molar-refractivity contribution in [3.05, 3.63) is 48.1 Å². The predicted octanol–water partition coefficient (Wildman–Crippen LogP) is 3.44. The fourth-order valence-electron chi connectivity index (χ4n) is 2.27. The number of aromatic nitrogens is 3. The van der Waals surface area contributed by atoms with Gasteiger partial charge in [0.1, 0.15) is 5.75 Å². The molecule has 3 rings (SSSR count). The van der Waals surface area contributed by atoms with E-state index in [2.05, 4.69) is 25.6 Å². The first-order valence-electron chi connectivity index (χ1n) is 8.24. The van der Waals surface area contributed by atoms with Gasteiger partial charge in [-0.15, -0.1) is 11.3 Å². The van der Waals surface area contributed by atoms with Crippen LogP contribution in [0.15, 0.2) is 48.1 Å². The third-order valence-electron chi connectivity index (χ3n) is 3.41. The highest BCUT2D eigenvalue weighted by Gasteiger charge is 2.11. The molecular weight excluding hydrogens is 350 g/mol. The number of hydrogen-bond donors (Lipinski definition) is 2. The second-order valence-corrected chi connectivity index (χ2v) is 6.12. The molecule has 0 saturated carbocycles. The molecule has 3 aromatic rings. The summed E-state index contributed by atoms with van der Waals surface area (Å²) in [6.07, 6.45) is 3.59. The highest BCUT2D eigenvalue weighted by Crippen LogP contribution is 2.32. The second kappa shape index (κ2) is 8.91. The maximum absolute atomic E-state index is 12.1. The van der Waals surface area contributed by atoms with Crippen LogP contribution < -0.4 is 15.4 Å². The number of carbonyl (C=O) groups excluding carboxylic acids is 1. The van der Waals surface area contributed by atoms with Gasteiger partial charge in [0, 0.05) is 36.3 Å². The lowest BCUT2D eigenvalue weighted by atomic mass is 10.1. The molecule has 0 atom stereocenters. The summed E-state index contributed by atoms with van der Waals surface area (Å²) in [6.45, 7) is 2.97. The van der Waals surface area contributed by atoms with Crippen LogP contribution >= 0.6 is 11.3 Å². The van der Waals surface area contributed by atoms with E-state index in [1.54, 1.807) is 18.5 Å². The highest BCUT2D eigenvalue weighted by molar-refractivity contribution is 7.14. The van der Waals surface area contributed by atoms with E-state index in [9.17, 15) is 4.79 Å². The third kappa shape index (κ3) is 4.76. The number of thiazole rings is 1. The van der Waals surface area contributed by atoms with Gasteiger partial charge in [-0.25, -0.2) is 15.0 Å². The first-order chi connectivity index (χ1) is 12.8. The average molecular weight is 369 g/mol. The largest absolute Gasteiger partial charge is 0.493 e. The molecule has 1 amide bonds. The van der Waals surface area contributed by atoms with Gasteiger partial charge in [0.25, 0.3) is 0 Å². The van der Waals surface area contributed by atoms with Gasteiger partial charge in [-0.3, -0.25) is 4.79 Å². The minimum atomic E-state index is -0.118. The number of amides is 1. The van der Waals surface area contributed by atoms with Crippen LogP contribution in [0.25, 0.3) is 11.3 Å². The summed E-state index contributed by atoms with van der Waals surface area (Å²) in [5.41, 5.74) is 1.69. The van der Waals surface area contributed by atoms with Crippen LogP contribution in [0.5, 0.6) is 5.75 Å². The zero-order chi connectivity index (χ0) is 18.2. The monoisotopic (exact) mass is 369 g/mol. The molecule has 0 unspecified atom stereocenters. The number of hydrogen-bond acceptors (Lipinski definition) is 7. The molecule has 26 heavy (non-hydrogen) atoms. The van der Waals surface area contributed by atoms with E-state index in [1.165, 1.54) is 11.3 Å². The number of ether oxygens (including phenoxy) is 1. The quantitative estimate of drug-likeness (QED) is 0.632. The molecule has 2 heterocycles. The Labute approximate surface area is 155 Å². The number of benzene rings is 1.